The topological polar surface area (TPSA) is 51.2 Å². The van der Waals surface area contributed by atoms with Crippen LogP contribution >= 0.6 is 0 Å². The fourth-order valence-electron chi connectivity index (χ4n) is 5.07. The van der Waals surface area contributed by atoms with Crippen molar-refractivity contribution in [1.29, 1.82) is 0 Å². The molecule has 0 spiro atoms. The Bertz CT molecular complexity index is 984. The fourth-order valence-corrected chi connectivity index (χ4v) is 5.07. The molecule has 0 N–H and O–H groups in total. The van der Waals surface area contributed by atoms with E-state index in [-0.39, 0.29) is 11.5 Å². The minimum Gasteiger partial charge on any atom is -0.494 e. The molecule has 0 saturated carbocycles. The van der Waals surface area contributed by atoms with Crippen LogP contribution in [0.15, 0.2) is 42.5 Å². The molecule has 0 atom stereocenters. The number of amides is 1. The Kier molecular flexibility index (Phi) is 8.69. The number of rotatable bonds is 11. The predicted octanol–water partition coefficient (Wildman–Crippen LogP) is 4.75. The number of methoxy groups -OCH3 is 1. The highest BCUT2D eigenvalue weighted by Crippen LogP contribution is 2.29. The maximum atomic E-state index is 11.7. The average Bonchev–Trinajstić information content (AvgIpc) is 3.27. The lowest BCUT2D eigenvalue weighted by Gasteiger charge is -2.40. The van der Waals surface area contributed by atoms with E-state index in [0.29, 0.717) is 19.6 Å². The van der Waals surface area contributed by atoms with Crippen LogP contribution in [0.25, 0.3) is 0 Å². The Labute approximate surface area is 210 Å². The lowest BCUT2D eigenvalue weighted by molar-refractivity contribution is -0.127. The summed E-state index contributed by atoms with van der Waals surface area (Å²) in [5.41, 5.74) is 3.43. The second-order valence-corrected chi connectivity index (χ2v) is 10.1. The number of hydrogen-bond acceptors (Lipinski definition) is 5. The number of piperidine rings is 1. The Morgan fingerprint density at radius 3 is 2.54 bits per heavy atom. The average molecular weight is 481 g/mol. The zero-order valence-corrected chi connectivity index (χ0v) is 21.6. The van der Waals surface area contributed by atoms with Crippen molar-refractivity contribution >= 4 is 5.91 Å². The van der Waals surface area contributed by atoms with E-state index in [9.17, 15) is 4.79 Å². The van der Waals surface area contributed by atoms with Gasteiger partial charge in [-0.05, 0) is 68.9 Å². The lowest BCUT2D eigenvalue weighted by atomic mass is 9.91. The Hall–Kier alpha value is -2.57. The highest BCUT2D eigenvalue weighted by Gasteiger charge is 2.35. The normalized spacial score (nSPS) is 18.1. The van der Waals surface area contributed by atoms with E-state index in [1.165, 1.54) is 16.7 Å². The van der Waals surface area contributed by atoms with Crippen molar-refractivity contribution in [3.05, 3.63) is 59.2 Å². The molecule has 190 valence electrons. The van der Waals surface area contributed by atoms with Gasteiger partial charge in [-0.1, -0.05) is 29.8 Å². The van der Waals surface area contributed by atoms with Gasteiger partial charge in [0.05, 0.1) is 6.61 Å². The van der Waals surface area contributed by atoms with Gasteiger partial charge in [0.25, 0.3) is 0 Å². The van der Waals surface area contributed by atoms with Gasteiger partial charge in [-0.15, -0.1) is 0 Å². The van der Waals surface area contributed by atoms with Gasteiger partial charge in [0.1, 0.15) is 23.7 Å². The number of hydrogen-bond donors (Lipinski definition) is 0. The molecule has 2 aromatic rings. The maximum absolute atomic E-state index is 11.7. The SMILES string of the molecule is COC1(COc2ccc(C)cc2C)CCN(Cc2cccc(OCCCN3CCCC3=O)c2)CC1. The largest absolute Gasteiger partial charge is 0.494 e. The van der Waals surface area contributed by atoms with Crippen LogP contribution in [0.5, 0.6) is 11.5 Å². The molecule has 2 aromatic carbocycles. The molecule has 2 fully saturated rings. The smallest absolute Gasteiger partial charge is 0.222 e. The molecule has 35 heavy (non-hydrogen) atoms. The van der Waals surface area contributed by atoms with Gasteiger partial charge in [0.2, 0.25) is 5.91 Å². The Morgan fingerprint density at radius 2 is 1.83 bits per heavy atom. The molecule has 0 bridgehead atoms. The third-order valence-electron chi connectivity index (χ3n) is 7.34. The molecular weight excluding hydrogens is 440 g/mol. The first-order valence-corrected chi connectivity index (χ1v) is 12.9. The van der Waals surface area contributed by atoms with Crippen molar-refractivity contribution in [3.63, 3.8) is 0 Å². The number of carbonyl (C=O) groups is 1. The molecule has 0 aromatic heterocycles. The molecular formula is C29H40N2O4. The summed E-state index contributed by atoms with van der Waals surface area (Å²) in [6, 6.07) is 14.7. The van der Waals surface area contributed by atoms with Crippen molar-refractivity contribution in [2.45, 2.75) is 58.1 Å². The summed E-state index contributed by atoms with van der Waals surface area (Å²) in [4.78, 5) is 16.1. The van der Waals surface area contributed by atoms with Crippen LogP contribution in [0.3, 0.4) is 0 Å². The van der Waals surface area contributed by atoms with Crippen molar-refractivity contribution in [1.82, 2.24) is 9.80 Å². The van der Waals surface area contributed by atoms with E-state index in [1.54, 1.807) is 0 Å². The zero-order chi connectivity index (χ0) is 24.7. The van der Waals surface area contributed by atoms with Crippen molar-refractivity contribution in [3.8, 4) is 11.5 Å². The molecule has 0 radical (unpaired) electrons. The summed E-state index contributed by atoms with van der Waals surface area (Å²) in [6.07, 6.45) is 4.44. The number of aryl methyl sites for hydroxylation is 2. The standard InChI is InChI=1S/C29H40N2O4/c1-23-10-11-27(24(2)19-23)35-22-29(33-3)12-16-30(17-13-29)21-25-7-4-8-26(20-25)34-18-6-15-31-14-5-9-28(31)32/h4,7-8,10-11,19-20H,5-6,9,12-18,21-22H2,1-3H3. The van der Waals surface area contributed by atoms with E-state index >= 15 is 0 Å². The third-order valence-corrected chi connectivity index (χ3v) is 7.34. The third kappa shape index (κ3) is 6.98. The summed E-state index contributed by atoms with van der Waals surface area (Å²) in [7, 11) is 1.81. The monoisotopic (exact) mass is 480 g/mol. The molecule has 0 aliphatic carbocycles. The summed E-state index contributed by atoms with van der Waals surface area (Å²) in [5, 5.41) is 0. The first-order valence-electron chi connectivity index (χ1n) is 12.9. The number of nitrogens with zero attached hydrogens (tertiary/aromatic N) is 2. The molecule has 0 unspecified atom stereocenters. The highest BCUT2D eigenvalue weighted by molar-refractivity contribution is 5.77. The first-order chi connectivity index (χ1) is 17.0. The lowest BCUT2D eigenvalue weighted by Crippen LogP contribution is -2.48. The van der Waals surface area contributed by atoms with Gasteiger partial charge in [-0.3, -0.25) is 9.69 Å². The number of benzene rings is 2. The summed E-state index contributed by atoms with van der Waals surface area (Å²) >= 11 is 0. The van der Waals surface area contributed by atoms with E-state index < -0.39 is 0 Å². The van der Waals surface area contributed by atoms with E-state index in [2.05, 4.69) is 55.1 Å². The van der Waals surface area contributed by atoms with E-state index in [1.807, 2.05) is 18.1 Å². The molecule has 6 heteroatoms. The summed E-state index contributed by atoms with van der Waals surface area (Å²) < 4.78 is 18.2. The van der Waals surface area contributed by atoms with Crippen molar-refractivity contribution in [2.24, 2.45) is 0 Å². The maximum Gasteiger partial charge on any atom is 0.222 e. The first kappa shape index (κ1) is 25.5. The fraction of sp³-hybridized carbons (Fsp3) is 0.552. The minimum atomic E-state index is -0.241. The second-order valence-electron chi connectivity index (χ2n) is 10.1. The zero-order valence-electron chi connectivity index (χ0n) is 21.6. The van der Waals surface area contributed by atoms with E-state index in [0.717, 1.165) is 69.9 Å². The molecule has 2 saturated heterocycles. The van der Waals surface area contributed by atoms with Gasteiger partial charge in [0, 0.05) is 46.3 Å². The number of ether oxygens (including phenoxy) is 3. The van der Waals surface area contributed by atoms with Crippen LogP contribution in [-0.4, -0.2) is 67.8 Å². The predicted molar refractivity (Wildman–Crippen MR) is 138 cm³/mol. The van der Waals surface area contributed by atoms with Crippen LogP contribution < -0.4 is 9.47 Å². The second kappa shape index (κ2) is 11.9. The van der Waals surface area contributed by atoms with E-state index in [4.69, 9.17) is 14.2 Å². The Balaban J connectivity index is 1.22. The van der Waals surface area contributed by atoms with Crippen molar-refractivity contribution < 1.29 is 19.0 Å². The van der Waals surface area contributed by atoms with Gasteiger partial charge in [-0.25, -0.2) is 0 Å². The van der Waals surface area contributed by atoms with Gasteiger partial charge >= 0.3 is 0 Å². The Morgan fingerprint density at radius 1 is 1.00 bits per heavy atom. The van der Waals surface area contributed by atoms with Crippen LogP contribution in [-0.2, 0) is 16.1 Å². The minimum absolute atomic E-state index is 0.241. The molecule has 1 amide bonds. The van der Waals surface area contributed by atoms with Gasteiger partial charge < -0.3 is 19.1 Å². The van der Waals surface area contributed by atoms with Crippen LogP contribution in [0, 0.1) is 13.8 Å². The van der Waals surface area contributed by atoms with Crippen LogP contribution in [0.1, 0.15) is 48.8 Å². The van der Waals surface area contributed by atoms with Crippen LogP contribution in [0.4, 0.5) is 0 Å². The molecule has 6 nitrogen and oxygen atoms in total. The van der Waals surface area contributed by atoms with Crippen molar-refractivity contribution in [2.75, 3.05) is 46.5 Å². The molecule has 2 aliphatic heterocycles. The number of likely N-dealkylation sites (tertiary alicyclic amines) is 2. The summed E-state index contributed by atoms with van der Waals surface area (Å²) in [5.74, 6) is 2.13. The number of carbonyl (C=O) groups excluding carboxylic acids is 1. The summed E-state index contributed by atoms with van der Waals surface area (Å²) in [6.45, 7) is 9.93. The van der Waals surface area contributed by atoms with Gasteiger partial charge in [0.15, 0.2) is 0 Å². The quantitative estimate of drug-likeness (QED) is 0.434. The highest BCUT2D eigenvalue weighted by atomic mass is 16.5. The molecule has 2 heterocycles. The van der Waals surface area contributed by atoms with Crippen LogP contribution in [0.2, 0.25) is 0 Å². The van der Waals surface area contributed by atoms with Gasteiger partial charge in [-0.2, -0.15) is 0 Å². The molecule has 4 rings (SSSR count). The molecule has 2 aliphatic rings.